The second kappa shape index (κ2) is 7.88. The molecule has 0 atom stereocenters. The van der Waals surface area contributed by atoms with Gasteiger partial charge in [0.25, 0.3) is 0 Å². The molecule has 9 heteroatoms. The van der Waals surface area contributed by atoms with Gasteiger partial charge in [0.2, 0.25) is 0 Å². The highest BCUT2D eigenvalue weighted by molar-refractivity contribution is 14.1. The molecule has 8 nitrogen and oxygen atoms in total. The standard InChI is InChI=1S/C15H19IN6O2/c1-2-24-15(23)21-8-6-20(7-9-21)11-14-17-19-22(18-14)13-5-3-4-12(16)10-13/h3-5,10H,2,6-9,11H2,1H3. The van der Waals surface area contributed by atoms with E-state index in [9.17, 15) is 4.79 Å². The summed E-state index contributed by atoms with van der Waals surface area (Å²) in [6.45, 7) is 5.71. The summed E-state index contributed by atoms with van der Waals surface area (Å²) in [6.07, 6.45) is -0.236. The first-order valence-corrected chi connectivity index (χ1v) is 8.92. The quantitative estimate of drug-likeness (QED) is 0.669. The summed E-state index contributed by atoms with van der Waals surface area (Å²) in [7, 11) is 0. The lowest BCUT2D eigenvalue weighted by molar-refractivity contribution is 0.0771. The second-order valence-corrected chi connectivity index (χ2v) is 6.68. The molecule has 0 saturated carbocycles. The van der Waals surface area contributed by atoms with Gasteiger partial charge in [-0.05, 0) is 52.9 Å². The lowest BCUT2D eigenvalue weighted by Crippen LogP contribution is -2.48. The average molecular weight is 442 g/mol. The normalized spacial score (nSPS) is 15.5. The first-order valence-electron chi connectivity index (χ1n) is 7.84. The zero-order chi connectivity index (χ0) is 16.9. The van der Waals surface area contributed by atoms with Crippen LogP contribution in [0.15, 0.2) is 24.3 Å². The van der Waals surface area contributed by atoms with Crippen molar-refractivity contribution in [1.82, 2.24) is 30.0 Å². The molecule has 1 aromatic heterocycles. The van der Waals surface area contributed by atoms with E-state index in [1.54, 1.807) is 9.70 Å². The van der Waals surface area contributed by atoms with E-state index in [0.717, 1.165) is 22.3 Å². The highest BCUT2D eigenvalue weighted by Crippen LogP contribution is 2.11. The maximum absolute atomic E-state index is 11.7. The molecule has 1 amide bonds. The Kier molecular flexibility index (Phi) is 5.61. The van der Waals surface area contributed by atoms with E-state index >= 15 is 0 Å². The third-order valence-corrected chi connectivity index (χ3v) is 4.43. The van der Waals surface area contributed by atoms with Gasteiger partial charge in [-0.25, -0.2) is 4.79 Å². The predicted octanol–water partition coefficient (Wildman–Crippen LogP) is 1.54. The number of nitrogens with zero attached hydrogens (tertiary/aromatic N) is 6. The van der Waals surface area contributed by atoms with Crippen LogP contribution in [0.1, 0.15) is 12.7 Å². The summed E-state index contributed by atoms with van der Waals surface area (Å²) in [5.74, 6) is 0.679. The number of carbonyl (C=O) groups excluding carboxylic acids is 1. The number of hydrogen-bond acceptors (Lipinski definition) is 6. The third kappa shape index (κ3) is 4.20. The fourth-order valence-electron chi connectivity index (χ4n) is 2.52. The fraction of sp³-hybridized carbons (Fsp3) is 0.467. The van der Waals surface area contributed by atoms with Gasteiger partial charge in [0.05, 0.1) is 18.8 Å². The zero-order valence-corrected chi connectivity index (χ0v) is 15.6. The van der Waals surface area contributed by atoms with Gasteiger partial charge in [-0.3, -0.25) is 4.90 Å². The van der Waals surface area contributed by atoms with Crippen LogP contribution in [0.2, 0.25) is 0 Å². The Morgan fingerprint density at radius 1 is 1.29 bits per heavy atom. The molecule has 3 rings (SSSR count). The topological polar surface area (TPSA) is 76.4 Å². The predicted molar refractivity (Wildman–Crippen MR) is 95.7 cm³/mol. The van der Waals surface area contributed by atoms with Gasteiger partial charge in [-0.1, -0.05) is 6.07 Å². The number of hydrogen-bond donors (Lipinski definition) is 0. The summed E-state index contributed by atoms with van der Waals surface area (Å²) in [6, 6.07) is 7.94. The smallest absolute Gasteiger partial charge is 0.409 e. The number of rotatable bonds is 4. The van der Waals surface area contributed by atoms with Gasteiger partial charge in [-0.15, -0.1) is 15.0 Å². The number of benzene rings is 1. The van der Waals surface area contributed by atoms with Gasteiger partial charge < -0.3 is 9.64 Å². The Morgan fingerprint density at radius 2 is 2.08 bits per heavy atom. The zero-order valence-electron chi connectivity index (χ0n) is 13.4. The number of tetrazole rings is 1. The van der Waals surface area contributed by atoms with E-state index in [1.807, 2.05) is 31.2 Å². The van der Waals surface area contributed by atoms with Crippen molar-refractivity contribution < 1.29 is 9.53 Å². The van der Waals surface area contributed by atoms with E-state index in [-0.39, 0.29) is 6.09 Å². The molecule has 0 unspecified atom stereocenters. The van der Waals surface area contributed by atoms with Crippen LogP contribution in [0.3, 0.4) is 0 Å². The van der Waals surface area contributed by atoms with Crippen molar-refractivity contribution in [1.29, 1.82) is 0 Å². The molecule has 2 heterocycles. The van der Waals surface area contributed by atoms with Crippen LogP contribution in [-0.4, -0.2) is 68.9 Å². The molecule has 1 aliphatic rings. The summed E-state index contributed by atoms with van der Waals surface area (Å²) >= 11 is 2.26. The summed E-state index contributed by atoms with van der Waals surface area (Å²) < 4.78 is 6.15. The summed E-state index contributed by atoms with van der Waals surface area (Å²) in [4.78, 5) is 17.2. The Hall–Kier alpha value is -1.75. The third-order valence-electron chi connectivity index (χ3n) is 3.76. The van der Waals surface area contributed by atoms with E-state index in [0.29, 0.717) is 32.1 Å². The first kappa shape index (κ1) is 17.1. The minimum atomic E-state index is -0.236. The van der Waals surface area contributed by atoms with Crippen molar-refractivity contribution in [2.45, 2.75) is 13.5 Å². The largest absolute Gasteiger partial charge is 0.450 e. The first-order chi connectivity index (χ1) is 11.7. The maximum Gasteiger partial charge on any atom is 0.409 e. The van der Waals surface area contributed by atoms with Crippen molar-refractivity contribution in [3.8, 4) is 5.69 Å². The van der Waals surface area contributed by atoms with E-state index < -0.39 is 0 Å². The van der Waals surface area contributed by atoms with Crippen LogP contribution in [0.4, 0.5) is 4.79 Å². The van der Waals surface area contributed by atoms with E-state index in [4.69, 9.17) is 4.74 Å². The molecule has 2 aromatic rings. The molecule has 1 fully saturated rings. The van der Waals surface area contributed by atoms with Crippen molar-refractivity contribution in [3.05, 3.63) is 33.7 Å². The number of aromatic nitrogens is 4. The highest BCUT2D eigenvalue weighted by atomic mass is 127. The van der Waals surface area contributed by atoms with Gasteiger partial charge >= 0.3 is 6.09 Å². The molecule has 1 saturated heterocycles. The van der Waals surface area contributed by atoms with Crippen LogP contribution >= 0.6 is 22.6 Å². The van der Waals surface area contributed by atoms with Crippen molar-refractivity contribution in [2.24, 2.45) is 0 Å². The maximum atomic E-state index is 11.7. The van der Waals surface area contributed by atoms with Crippen LogP contribution in [0.25, 0.3) is 5.69 Å². The number of piperazine rings is 1. The number of amides is 1. The molecular weight excluding hydrogens is 423 g/mol. The minimum absolute atomic E-state index is 0.236. The van der Waals surface area contributed by atoms with Gasteiger partial charge in [0, 0.05) is 29.7 Å². The van der Waals surface area contributed by atoms with E-state index in [2.05, 4.69) is 42.9 Å². The van der Waals surface area contributed by atoms with Gasteiger partial charge in [0.15, 0.2) is 5.82 Å². The van der Waals surface area contributed by atoms with Crippen LogP contribution in [-0.2, 0) is 11.3 Å². The SMILES string of the molecule is CCOC(=O)N1CCN(Cc2nnn(-c3cccc(I)c3)n2)CC1. The van der Waals surface area contributed by atoms with Gasteiger partial charge in [-0.2, -0.15) is 0 Å². The Morgan fingerprint density at radius 3 is 2.79 bits per heavy atom. The number of ether oxygens (including phenoxy) is 1. The molecule has 0 N–H and O–H groups in total. The minimum Gasteiger partial charge on any atom is -0.450 e. The Labute approximate surface area is 153 Å². The van der Waals surface area contributed by atoms with Gasteiger partial charge in [0.1, 0.15) is 0 Å². The molecule has 1 aromatic carbocycles. The molecule has 0 spiro atoms. The second-order valence-electron chi connectivity index (χ2n) is 5.44. The van der Waals surface area contributed by atoms with Crippen molar-refractivity contribution in [3.63, 3.8) is 0 Å². The molecule has 24 heavy (non-hydrogen) atoms. The molecular formula is C15H19IN6O2. The lowest BCUT2D eigenvalue weighted by Gasteiger charge is -2.33. The molecule has 128 valence electrons. The van der Waals surface area contributed by atoms with Crippen molar-refractivity contribution in [2.75, 3.05) is 32.8 Å². The van der Waals surface area contributed by atoms with Crippen molar-refractivity contribution >= 4 is 28.7 Å². The molecule has 0 bridgehead atoms. The Balaban J connectivity index is 1.56. The lowest BCUT2D eigenvalue weighted by atomic mass is 10.3. The average Bonchev–Trinajstić information content (AvgIpc) is 3.04. The Bertz CT molecular complexity index is 699. The summed E-state index contributed by atoms with van der Waals surface area (Å²) in [5, 5.41) is 12.7. The number of carbonyl (C=O) groups is 1. The van der Waals surface area contributed by atoms with Crippen LogP contribution in [0.5, 0.6) is 0 Å². The molecule has 1 aliphatic heterocycles. The van der Waals surface area contributed by atoms with Crippen LogP contribution in [0, 0.1) is 3.57 Å². The highest BCUT2D eigenvalue weighted by Gasteiger charge is 2.22. The monoisotopic (exact) mass is 442 g/mol. The summed E-state index contributed by atoms with van der Waals surface area (Å²) in [5.41, 5.74) is 0.896. The number of halogens is 1. The van der Waals surface area contributed by atoms with Crippen LogP contribution < -0.4 is 0 Å². The molecule has 0 aliphatic carbocycles. The van der Waals surface area contributed by atoms with E-state index in [1.165, 1.54) is 0 Å². The fourth-order valence-corrected chi connectivity index (χ4v) is 3.05. The molecule has 0 radical (unpaired) electrons.